The lowest BCUT2D eigenvalue weighted by Gasteiger charge is -2.09. The second-order valence-corrected chi connectivity index (χ2v) is 5.21. The Morgan fingerprint density at radius 2 is 1.62 bits per heavy atom. The first-order valence-electron chi connectivity index (χ1n) is 7.38. The van der Waals surface area contributed by atoms with Crippen LogP contribution in [0.15, 0.2) is 54.7 Å². The van der Waals surface area contributed by atoms with E-state index in [0.717, 1.165) is 6.07 Å². The molecule has 0 aliphatic carbocycles. The Morgan fingerprint density at radius 1 is 0.846 bits per heavy atom. The van der Waals surface area contributed by atoms with Gasteiger partial charge >= 0.3 is 0 Å². The number of nitrogens with one attached hydrogen (secondary N) is 2. The van der Waals surface area contributed by atoms with Crippen molar-refractivity contribution in [2.45, 2.75) is 0 Å². The summed E-state index contributed by atoms with van der Waals surface area (Å²) in [6.07, 6.45) is 1.25. The van der Waals surface area contributed by atoms with Crippen molar-refractivity contribution in [3.05, 3.63) is 83.6 Å². The third-order valence-corrected chi connectivity index (χ3v) is 3.44. The van der Waals surface area contributed by atoms with Crippen LogP contribution in [-0.2, 0) is 0 Å². The summed E-state index contributed by atoms with van der Waals surface area (Å²) in [7, 11) is 0. The molecule has 0 bridgehead atoms. The maximum Gasteiger partial charge on any atom is 0.258 e. The molecule has 3 rings (SSSR count). The Kier molecular flexibility index (Phi) is 4.83. The van der Waals surface area contributed by atoms with E-state index >= 15 is 0 Å². The van der Waals surface area contributed by atoms with Gasteiger partial charge in [0.15, 0.2) is 17.5 Å². The number of halogens is 4. The number of carbonyl (C=O) groups excluding carboxylic acids is 1. The summed E-state index contributed by atoms with van der Waals surface area (Å²) in [5, 5.41) is 5.07. The van der Waals surface area contributed by atoms with Crippen LogP contribution >= 0.6 is 0 Å². The van der Waals surface area contributed by atoms with Crippen LogP contribution in [0.3, 0.4) is 0 Å². The molecule has 1 amide bonds. The monoisotopic (exact) mass is 361 g/mol. The van der Waals surface area contributed by atoms with Crippen LogP contribution < -0.4 is 10.6 Å². The minimum atomic E-state index is -1.72. The minimum Gasteiger partial charge on any atom is -0.338 e. The maximum absolute atomic E-state index is 13.6. The number of pyridine rings is 1. The topological polar surface area (TPSA) is 54.0 Å². The van der Waals surface area contributed by atoms with Crippen LogP contribution in [0, 0.1) is 23.3 Å². The van der Waals surface area contributed by atoms with E-state index in [-0.39, 0.29) is 11.4 Å². The highest BCUT2D eigenvalue weighted by atomic mass is 19.2. The second-order valence-electron chi connectivity index (χ2n) is 5.21. The normalized spacial score (nSPS) is 10.5. The summed E-state index contributed by atoms with van der Waals surface area (Å²) < 4.78 is 53.3. The number of benzene rings is 2. The Hall–Kier alpha value is -3.42. The third-order valence-electron chi connectivity index (χ3n) is 3.44. The Morgan fingerprint density at radius 3 is 2.31 bits per heavy atom. The van der Waals surface area contributed by atoms with Crippen LogP contribution in [-0.4, -0.2) is 10.9 Å². The number of rotatable bonds is 4. The molecule has 0 spiro atoms. The van der Waals surface area contributed by atoms with E-state index < -0.39 is 34.7 Å². The molecule has 0 fully saturated rings. The molecule has 3 aromatic rings. The average molecular weight is 361 g/mol. The number of aromatic nitrogens is 1. The Bertz CT molecular complexity index is 961. The quantitative estimate of drug-likeness (QED) is 0.526. The number of nitrogens with zero attached hydrogens (tertiary/aromatic N) is 1. The first kappa shape index (κ1) is 17.4. The zero-order chi connectivity index (χ0) is 18.7. The predicted molar refractivity (Wildman–Crippen MR) is 88.2 cm³/mol. The highest BCUT2D eigenvalue weighted by Crippen LogP contribution is 2.20. The summed E-state index contributed by atoms with van der Waals surface area (Å²) in [5.41, 5.74) is -0.226. The molecule has 8 heteroatoms. The van der Waals surface area contributed by atoms with E-state index in [0.29, 0.717) is 11.9 Å². The average Bonchev–Trinajstić information content (AvgIpc) is 2.63. The zero-order valence-corrected chi connectivity index (χ0v) is 13.1. The van der Waals surface area contributed by atoms with Crippen molar-refractivity contribution in [1.29, 1.82) is 0 Å². The third kappa shape index (κ3) is 3.64. The van der Waals surface area contributed by atoms with Crippen molar-refractivity contribution < 1.29 is 22.4 Å². The van der Waals surface area contributed by atoms with Gasteiger partial charge in [0.1, 0.15) is 11.6 Å². The van der Waals surface area contributed by atoms with Gasteiger partial charge in [-0.05, 0) is 36.4 Å². The molecule has 1 heterocycles. The standard InChI is InChI=1S/C18H11F4N3O/c19-12-3-1-2-4-14(12)25-15-8-5-10(9-23-15)24-18(26)11-6-7-13(20)17(22)16(11)21/h1-9H,(H,23,25)(H,24,26). The van der Waals surface area contributed by atoms with Gasteiger partial charge in [0.05, 0.1) is 23.1 Å². The van der Waals surface area contributed by atoms with Gasteiger partial charge in [-0.1, -0.05) is 12.1 Å². The molecule has 0 atom stereocenters. The lowest BCUT2D eigenvalue weighted by atomic mass is 10.2. The Labute approximate surface area is 145 Å². The lowest BCUT2D eigenvalue weighted by molar-refractivity contribution is 0.102. The van der Waals surface area contributed by atoms with Crippen LogP contribution in [0.2, 0.25) is 0 Å². The van der Waals surface area contributed by atoms with E-state index in [1.165, 1.54) is 30.5 Å². The van der Waals surface area contributed by atoms with E-state index in [1.54, 1.807) is 12.1 Å². The van der Waals surface area contributed by atoms with Gasteiger partial charge in [0.25, 0.3) is 5.91 Å². The van der Waals surface area contributed by atoms with Crippen LogP contribution in [0.25, 0.3) is 0 Å². The van der Waals surface area contributed by atoms with Crippen molar-refractivity contribution >= 4 is 23.1 Å². The Balaban J connectivity index is 1.72. The maximum atomic E-state index is 13.6. The van der Waals surface area contributed by atoms with Gasteiger partial charge in [-0.25, -0.2) is 22.5 Å². The van der Waals surface area contributed by atoms with E-state index in [9.17, 15) is 22.4 Å². The molecule has 0 saturated heterocycles. The summed E-state index contributed by atoms with van der Waals surface area (Å²) in [5.74, 6) is -5.79. The van der Waals surface area contributed by atoms with E-state index in [4.69, 9.17) is 0 Å². The number of anilines is 3. The molecule has 132 valence electrons. The van der Waals surface area contributed by atoms with E-state index in [1.807, 2.05) is 0 Å². The predicted octanol–water partition coefficient (Wildman–Crippen LogP) is 4.63. The summed E-state index contributed by atoms with van der Waals surface area (Å²) in [6.45, 7) is 0. The van der Waals surface area contributed by atoms with Crippen LogP contribution in [0.5, 0.6) is 0 Å². The van der Waals surface area contributed by atoms with Gasteiger partial charge in [0, 0.05) is 0 Å². The van der Waals surface area contributed by atoms with Crippen molar-refractivity contribution in [2.75, 3.05) is 10.6 Å². The molecule has 0 saturated carbocycles. The zero-order valence-electron chi connectivity index (χ0n) is 13.1. The molecule has 0 aliphatic rings. The molecule has 26 heavy (non-hydrogen) atoms. The van der Waals surface area contributed by atoms with Gasteiger partial charge in [-0.2, -0.15) is 0 Å². The lowest BCUT2D eigenvalue weighted by Crippen LogP contribution is -2.15. The summed E-state index contributed by atoms with van der Waals surface area (Å²) in [4.78, 5) is 16.0. The van der Waals surface area contributed by atoms with Crippen molar-refractivity contribution in [3.8, 4) is 0 Å². The number of para-hydroxylation sites is 1. The molecule has 1 aromatic heterocycles. The van der Waals surface area contributed by atoms with Crippen molar-refractivity contribution in [1.82, 2.24) is 4.98 Å². The first-order chi connectivity index (χ1) is 12.5. The summed E-state index contributed by atoms with van der Waals surface area (Å²) in [6, 6.07) is 10.4. The van der Waals surface area contributed by atoms with E-state index in [2.05, 4.69) is 15.6 Å². The highest BCUT2D eigenvalue weighted by molar-refractivity contribution is 6.04. The fourth-order valence-electron chi connectivity index (χ4n) is 2.14. The van der Waals surface area contributed by atoms with Gasteiger partial charge in [-0.3, -0.25) is 4.79 Å². The minimum absolute atomic E-state index is 0.193. The molecular formula is C18H11F4N3O. The van der Waals surface area contributed by atoms with Crippen molar-refractivity contribution in [3.63, 3.8) is 0 Å². The first-order valence-corrected chi connectivity index (χ1v) is 7.38. The SMILES string of the molecule is O=C(Nc1ccc(Nc2ccccc2F)nc1)c1ccc(F)c(F)c1F. The number of hydrogen-bond donors (Lipinski definition) is 2. The fourth-order valence-corrected chi connectivity index (χ4v) is 2.14. The van der Waals surface area contributed by atoms with Gasteiger partial charge in [0.2, 0.25) is 0 Å². The largest absolute Gasteiger partial charge is 0.338 e. The fraction of sp³-hybridized carbons (Fsp3) is 0. The number of hydrogen-bond acceptors (Lipinski definition) is 3. The van der Waals surface area contributed by atoms with Gasteiger partial charge < -0.3 is 10.6 Å². The molecule has 2 N–H and O–H groups in total. The molecule has 0 aliphatic heterocycles. The molecule has 0 radical (unpaired) electrons. The van der Waals surface area contributed by atoms with Gasteiger partial charge in [-0.15, -0.1) is 0 Å². The highest BCUT2D eigenvalue weighted by Gasteiger charge is 2.19. The van der Waals surface area contributed by atoms with Crippen molar-refractivity contribution in [2.24, 2.45) is 0 Å². The molecule has 2 aromatic carbocycles. The number of carbonyl (C=O) groups is 1. The molecular weight excluding hydrogens is 350 g/mol. The smallest absolute Gasteiger partial charge is 0.258 e. The molecule has 4 nitrogen and oxygen atoms in total. The second kappa shape index (κ2) is 7.22. The van der Waals surface area contributed by atoms with Crippen LogP contribution in [0.4, 0.5) is 34.8 Å². The molecule has 0 unspecified atom stereocenters. The summed E-state index contributed by atoms with van der Waals surface area (Å²) >= 11 is 0. The van der Waals surface area contributed by atoms with Crippen LogP contribution in [0.1, 0.15) is 10.4 Å². The number of amides is 1.